The molecule has 1 aliphatic heterocycles. The summed E-state index contributed by atoms with van der Waals surface area (Å²) in [5, 5.41) is 0.721. The fraction of sp³-hybridized carbons (Fsp3) is 0.308. The number of imide groups is 2. The lowest BCUT2D eigenvalue weighted by molar-refractivity contribution is -0.143. The Labute approximate surface area is 126 Å². The molecule has 1 aromatic rings. The van der Waals surface area contributed by atoms with Crippen molar-refractivity contribution in [2.45, 2.75) is 19.9 Å². The average molecular weight is 315 g/mol. The van der Waals surface area contributed by atoms with Gasteiger partial charge in [-0.05, 0) is 24.1 Å². The number of benzene rings is 1. The van der Waals surface area contributed by atoms with Gasteiger partial charge in [-0.1, -0.05) is 36.2 Å². The van der Waals surface area contributed by atoms with E-state index in [1.165, 1.54) is 0 Å². The van der Waals surface area contributed by atoms with Crippen molar-refractivity contribution >= 4 is 41.0 Å². The molecule has 0 saturated carbocycles. The summed E-state index contributed by atoms with van der Waals surface area (Å²) in [4.78, 5) is 37.4. The van der Waals surface area contributed by atoms with Gasteiger partial charge < -0.3 is 0 Å². The standard InChI is InChI=1S/C13H12Cl2N2O3/c1-2-5-16-11(18)12(19)17(13(16)20)7-8-3-4-9(14)10(15)6-8/h3-4,6H,2,5,7H2,1H3. The van der Waals surface area contributed by atoms with Crippen molar-refractivity contribution in [3.63, 3.8) is 0 Å². The van der Waals surface area contributed by atoms with Crippen LogP contribution in [-0.4, -0.2) is 34.2 Å². The number of hydrogen-bond acceptors (Lipinski definition) is 3. The second-order valence-electron chi connectivity index (χ2n) is 4.38. The molecule has 1 aromatic carbocycles. The number of halogens is 2. The molecule has 1 fully saturated rings. The second kappa shape index (κ2) is 5.81. The summed E-state index contributed by atoms with van der Waals surface area (Å²) in [5.74, 6) is -1.59. The van der Waals surface area contributed by atoms with Gasteiger partial charge in [0, 0.05) is 6.54 Å². The number of carbonyl (C=O) groups is 3. The molecule has 7 heteroatoms. The van der Waals surface area contributed by atoms with Gasteiger partial charge in [0.15, 0.2) is 0 Å². The number of amides is 4. The number of nitrogens with zero attached hydrogens (tertiary/aromatic N) is 2. The summed E-state index contributed by atoms with van der Waals surface area (Å²) in [5.41, 5.74) is 0.632. The van der Waals surface area contributed by atoms with E-state index in [0.717, 1.165) is 9.80 Å². The van der Waals surface area contributed by atoms with E-state index in [9.17, 15) is 14.4 Å². The van der Waals surface area contributed by atoms with Crippen LogP contribution < -0.4 is 0 Å². The Morgan fingerprint density at radius 1 is 1.00 bits per heavy atom. The molecule has 20 heavy (non-hydrogen) atoms. The number of carbonyl (C=O) groups excluding carboxylic acids is 3. The normalized spacial score (nSPS) is 15.4. The first-order valence-corrected chi connectivity index (χ1v) is 6.82. The highest BCUT2D eigenvalue weighted by Gasteiger charge is 2.43. The van der Waals surface area contributed by atoms with Gasteiger partial charge >= 0.3 is 17.8 Å². The summed E-state index contributed by atoms with van der Waals surface area (Å²) in [6.45, 7) is 2.06. The van der Waals surface area contributed by atoms with Gasteiger partial charge in [0.25, 0.3) is 0 Å². The SMILES string of the molecule is CCCN1C(=O)C(=O)N(Cc2ccc(Cl)c(Cl)c2)C1=O. The van der Waals surface area contributed by atoms with E-state index in [1.807, 2.05) is 6.92 Å². The first-order chi connectivity index (χ1) is 9.45. The molecule has 1 saturated heterocycles. The summed E-state index contributed by atoms with van der Waals surface area (Å²) < 4.78 is 0. The molecule has 1 heterocycles. The van der Waals surface area contributed by atoms with Crippen LogP contribution in [0.2, 0.25) is 10.0 Å². The third-order valence-corrected chi connectivity index (χ3v) is 3.65. The Hall–Kier alpha value is -1.59. The highest BCUT2D eigenvalue weighted by Crippen LogP contribution is 2.24. The average Bonchev–Trinajstić information content (AvgIpc) is 2.61. The van der Waals surface area contributed by atoms with Gasteiger partial charge in [0.05, 0.1) is 16.6 Å². The van der Waals surface area contributed by atoms with Crippen molar-refractivity contribution < 1.29 is 14.4 Å². The van der Waals surface area contributed by atoms with E-state index < -0.39 is 17.8 Å². The Balaban J connectivity index is 2.20. The van der Waals surface area contributed by atoms with Crippen LogP contribution in [0.1, 0.15) is 18.9 Å². The van der Waals surface area contributed by atoms with E-state index in [2.05, 4.69) is 0 Å². The smallest absolute Gasteiger partial charge is 0.263 e. The first-order valence-electron chi connectivity index (χ1n) is 6.07. The summed E-state index contributed by atoms with van der Waals surface area (Å²) in [6.07, 6.45) is 0.603. The molecule has 4 amide bonds. The van der Waals surface area contributed by atoms with Crippen LogP contribution in [0.3, 0.4) is 0 Å². The van der Waals surface area contributed by atoms with E-state index in [1.54, 1.807) is 18.2 Å². The van der Waals surface area contributed by atoms with Crippen molar-refractivity contribution in [2.24, 2.45) is 0 Å². The first kappa shape index (κ1) is 14.8. The Morgan fingerprint density at radius 2 is 1.65 bits per heavy atom. The molecule has 0 unspecified atom stereocenters. The zero-order chi connectivity index (χ0) is 14.9. The summed E-state index contributed by atoms with van der Waals surface area (Å²) >= 11 is 11.7. The topological polar surface area (TPSA) is 57.7 Å². The Bertz CT molecular complexity index is 589. The van der Waals surface area contributed by atoms with Crippen molar-refractivity contribution in [3.8, 4) is 0 Å². The zero-order valence-electron chi connectivity index (χ0n) is 10.7. The van der Waals surface area contributed by atoms with Gasteiger partial charge in [0.1, 0.15) is 0 Å². The van der Waals surface area contributed by atoms with E-state index >= 15 is 0 Å². The fourth-order valence-corrected chi connectivity index (χ4v) is 2.25. The van der Waals surface area contributed by atoms with Gasteiger partial charge in [-0.15, -0.1) is 0 Å². The zero-order valence-corrected chi connectivity index (χ0v) is 12.2. The van der Waals surface area contributed by atoms with Crippen LogP contribution in [0.25, 0.3) is 0 Å². The van der Waals surface area contributed by atoms with Gasteiger partial charge in [0.2, 0.25) is 0 Å². The van der Waals surface area contributed by atoms with Crippen molar-refractivity contribution in [3.05, 3.63) is 33.8 Å². The molecule has 0 radical (unpaired) electrons. The quantitative estimate of drug-likeness (QED) is 0.634. The lowest BCUT2D eigenvalue weighted by atomic mass is 10.2. The fourth-order valence-electron chi connectivity index (χ4n) is 1.93. The molecule has 1 aliphatic rings. The van der Waals surface area contributed by atoms with Crippen molar-refractivity contribution in [2.75, 3.05) is 6.54 Å². The minimum absolute atomic E-state index is 0.000506. The van der Waals surface area contributed by atoms with E-state index in [-0.39, 0.29) is 13.1 Å². The largest absolute Gasteiger partial charge is 0.334 e. The van der Waals surface area contributed by atoms with Gasteiger partial charge in [-0.3, -0.25) is 19.4 Å². The van der Waals surface area contributed by atoms with Crippen LogP contribution in [0.4, 0.5) is 4.79 Å². The number of rotatable bonds is 4. The predicted molar refractivity (Wildman–Crippen MR) is 74.4 cm³/mol. The highest BCUT2D eigenvalue weighted by molar-refractivity contribution is 6.44. The molecule has 5 nitrogen and oxygen atoms in total. The van der Waals surface area contributed by atoms with E-state index in [4.69, 9.17) is 23.2 Å². The molecule has 0 N–H and O–H groups in total. The molecule has 0 atom stereocenters. The summed E-state index contributed by atoms with van der Waals surface area (Å²) in [7, 11) is 0. The number of urea groups is 1. The number of hydrogen-bond donors (Lipinski definition) is 0. The highest BCUT2D eigenvalue weighted by atomic mass is 35.5. The minimum Gasteiger partial charge on any atom is -0.263 e. The monoisotopic (exact) mass is 314 g/mol. The molecule has 0 aromatic heterocycles. The maximum Gasteiger partial charge on any atom is 0.334 e. The molecule has 0 bridgehead atoms. The van der Waals surface area contributed by atoms with Crippen LogP contribution in [0.15, 0.2) is 18.2 Å². The third-order valence-electron chi connectivity index (χ3n) is 2.91. The summed E-state index contributed by atoms with van der Waals surface area (Å²) in [6, 6.07) is 4.21. The van der Waals surface area contributed by atoms with Crippen LogP contribution in [0.5, 0.6) is 0 Å². The molecule has 106 valence electrons. The lowest BCUT2D eigenvalue weighted by Crippen LogP contribution is -2.33. The Morgan fingerprint density at radius 3 is 2.25 bits per heavy atom. The maximum atomic E-state index is 12.0. The second-order valence-corrected chi connectivity index (χ2v) is 5.19. The van der Waals surface area contributed by atoms with Gasteiger partial charge in [-0.25, -0.2) is 4.79 Å². The maximum absolute atomic E-state index is 12.0. The Kier molecular flexibility index (Phi) is 4.30. The molecular formula is C13H12Cl2N2O3. The molecular weight excluding hydrogens is 303 g/mol. The molecule has 0 aliphatic carbocycles. The molecule has 0 spiro atoms. The van der Waals surface area contributed by atoms with Crippen molar-refractivity contribution in [1.82, 2.24) is 9.80 Å². The lowest BCUT2D eigenvalue weighted by Gasteiger charge is -2.15. The van der Waals surface area contributed by atoms with Crippen LogP contribution in [0, 0.1) is 0 Å². The van der Waals surface area contributed by atoms with Crippen LogP contribution in [-0.2, 0) is 16.1 Å². The van der Waals surface area contributed by atoms with Crippen molar-refractivity contribution in [1.29, 1.82) is 0 Å². The molecule has 2 rings (SSSR count). The predicted octanol–water partition coefficient (Wildman–Crippen LogP) is 2.69. The van der Waals surface area contributed by atoms with Crippen LogP contribution >= 0.6 is 23.2 Å². The van der Waals surface area contributed by atoms with Gasteiger partial charge in [-0.2, -0.15) is 0 Å². The minimum atomic E-state index is -0.811. The van der Waals surface area contributed by atoms with E-state index in [0.29, 0.717) is 22.0 Å². The third kappa shape index (κ3) is 2.64.